The second kappa shape index (κ2) is 7.19. The summed E-state index contributed by atoms with van der Waals surface area (Å²) in [6, 6.07) is 7.96. The molecule has 1 aromatic heterocycles. The molecular weight excluding hydrogens is 328 g/mol. The zero-order valence-corrected chi connectivity index (χ0v) is 15.3. The molecule has 138 valence electrons. The van der Waals surface area contributed by atoms with Crippen molar-refractivity contribution in [1.29, 1.82) is 0 Å². The van der Waals surface area contributed by atoms with Crippen molar-refractivity contribution in [1.82, 2.24) is 20.4 Å². The van der Waals surface area contributed by atoms with Crippen molar-refractivity contribution in [2.24, 2.45) is 5.41 Å². The lowest BCUT2D eigenvalue weighted by molar-refractivity contribution is -0.130. The third kappa shape index (κ3) is 3.51. The minimum absolute atomic E-state index is 0.197. The van der Waals surface area contributed by atoms with Gasteiger partial charge in [0.25, 0.3) is 0 Å². The molecule has 4 rings (SSSR count). The molecule has 0 bridgehead atoms. The summed E-state index contributed by atoms with van der Waals surface area (Å²) >= 11 is 0. The molecule has 1 atom stereocenters. The minimum Gasteiger partial charge on any atom is -0.342 e. The second-order valence-electron chi connectivity index (χ2n) is 7.67. The largest absolute Gasteiger partial charge is 0.342 e. The maximum atomic E-state index is 12.6. The summed E-state index contributed by atoms with van der Waals surface area (Å²) in [6.45, 7) is 5.93. The van der Waals surface area contributed by atoms with E-state index >= 15 is 0 Å². The Morgan fingerprint density at radius 3 is 3.04 bits per heavy atom. The van der Waals surface area contributed by atoms with E-state index in [1.165, 1.54) is 12.8 Å². The number of nitrogens with one attached hydrogen (secondary N) is 1. The van der Waals surface area contributed by atoms with Gasteiger partial charge in [0, 0.05) is 43.5 Å². The van der Waals surface area contributed by atoms with E-state index in [2.05, 4.69) is 15.5 Å². The fraction of sp³-hybridized carbons (Fsp3) is 0.550. The van der Waals surface area contributed by atoms with Crippen molar-refractivity contribution in [3.8, 4) is 11.4 Å². The van der Waals surface area contributed by atoms with Crippen molar-refractivity contribution in [3.05, 3.63) is 35.7 Å². The minimum atomic E-state index is 0.197. The first-order chi connectivity index (χ1) is 12.7. The molecule has 2 saturated heterocycles. The molecule has 0 aliphatic carbocycles. The van der Waals surface area contributed by atoms with Crippen LogP contribution in [-0.2, 0) is 11.2 Å². The number of rotatable bonds is 4. The van der Waals surface area contributed by atoms with Crippen molar-refractivity contribution < 1.29 is 9.32 Å². The number of amides is 1. The van der Waals surface area contributed by atoms with Gasteiger partial charge in [0.1, 0.15) is 0 Å². The van der Waals surface area contributed by atoms with Gasteiger partial charge >= 0.3 is 0 Å². The molecule has 1 aromatic carbocycles. The molecule has 1 N–H and O–H groups in total. The van der Waals surface area contributed by atoms with Gasteiger partial charge < -0.3 is 14.7 Å². The van der Waals surface area contributed by atoms with Crippen LogP contribution in [0.5, 0.6) is 0 Å². The third-order valence-electron chi connectivity index (χ3n) is 5.76. The van der Waals surface area contributed by atoms with Crippen LogP contribution in [0, 0.1) is 12.3 Å². The number of benzene rings is 1. The van der Waals surface area contributed by atoms with Crippen LogP contribution in [0.15, 0.2) is 28.8 Å². The molecule has 1 spiro atoms. The maximum absolute atomic E-state index is 12.6. The van der Waals surface area contributed by atoms with E-state index in [0.717, 1.165) is 43.7 Å². The zero-order valence-electron chi connectivity index (χ0n) is 15.3. The van der Waals surface area contributed by atoms with Gasteiger partial charge in [0.15, 0.2) is 0 Å². The van der Waals surface area contributed by atoms with Crippen LogP contribution in [0.1, 0.15) is 37.1 Å². The van der Waals surface area contributed by atoms with Crippen molar-refractivity contribution in [2.75, 3.05) is 26.2 Å². The molecule has 6 nitrogen and oxygen atoms in total. The molecule has 0 radical (unpaired) electrons. The van der Waals surface area contributed by atoms with Gasteiger partial charge in [-0.05, 0) is 38.3 Å². The highest BCUT2D eigenvalue weighted by molar-refractivity contribution is 5.76. The van der Waals surface area contributed by atoms with Crippen LogP contribution in [0.4, 0.5) is 0 Å². The lowest BCUT2D eigenvalue weighted by Crippen LogP contribution is -2.42. The fourth-order valence-corrected chi connectivity index (χ4v) is 4.19. The third-order valence-corrected chi connectivity index (χ3v) is 5.76. The summed E-state index contributed by atoms with van der Waals surface area (Å²) in [5.74, 6) is 1.33. The summed E-state index contributed by atoms with van der Waals surface area (Å²) in [5, 5.41) is 7.56. The van der Waals surface area contributed by atoms with Crippen LogP contribution in [0.25, 0.3) is 11.4 Å². The summed E-state index contributed by atoms with van der Waals surface area (Å²) in [5.41, 5.74) is 2.38. The van der Waals surface area contributed by atoms with E-state index in [1.54, 1.807) is 0 Å². The average molecular weight is 354 g/mol. The Labute approximate surface area is 154 Å². The van der Waals surface area contributed by atoms with Crippen LogP contribution in [0.2, 0.25) is 0 Å². The van der Waals surface area contributed by atoms with Crippen LogP contribution < -0.4 is 5.32 Å². The topological polar surface area (TPSA) is 71.3 Å². The van der Waals surface area contributed by atoms with Gasteiger partial charge in [0.05, 0.1) is 0 Å². The number of nitrogens with zero attached hydrogens (tertiary/aromatic N) is 3. The number of carbonyl (C=O) groups is 1. The number of likely N-dealkylation sites (tertiary alicyclic amines) is 1. The molecule has 6 heteroatoms. The Hall–Kier alpha value is -2.21. The highest BCUT2D eigenvalue weighted by Crippen LogP contribution is 2.36. The Morgan fingerprint density at radius 2 is 2.23 bits per heavy atom. The standard InChI is InChI=1S/C20H26N4O2/c1-15-5-2-3-6-16(15)19-22-17(26-23-19)7-8-18(25)24-12-10-20(14-24)9-4-11-21-13-20/h2-3,5-6,21H,4,7-14H2,1H3/t20-/m0/s1. The number of piperidine rings is 1. The predicted octanol–water partition coefficient (Wildman–Crippen LogP) is 2.58. The number of aromatic nitrogens is 2. The zero-order chi connectivity index (χ0) is 18.0. The Morgan fingerprint density at radius 1 is 1.35 bits per heavy atom. The molecule has 2 aromatic rings. The normalized spacial score (nSPS) is 22.9. The molecule has 3 heterocycles. The Bertz CT molecular complexity index is 780. The van der Waals surface area contributed by atoms with Gasteiger partial charge in [-0.1, -0.05) is 29.4 Å². The van der Waals surface area contributed by atoms with E-state index in [-0.39, 0.29) is 5.91 Å². The van der Waals surface area contributed by atoms with Crippen molar-refractivity contribution >= 4 is 5.91 Å². The number of aryl methyl sites for hydroxylation is 2. The summed E-state index contributed by atoms with van der Waals surface area (Å²) in [6.07, 6.45) is 4.49. The predicted molar refractivity (Wildman–Crippen MR) is 98.5 cm³/mol. The number of carbonyl (C=O) groups excluding carboxylic acids is 1. The quantitative estimate of drug-likeness (QED) is 0.914. The number of hydrogen-bond donors (Lipinski definition) is 1. The van der Waals surface area contributed by atoms with E-state index in [4.69, 9.17) is 4.52 Å². The van der Waals surface area contributed by atoms with Gasteiger partial charge in [-0.3, -0.25) is 4.79 Å². The van der Waals surface area contributed by atoms with E-state index < -0.39 is 0 Å². The molecule has 0 saturated carbocycles. The molecular formula is C20H26N4O2. The maximum Gasteiger partial charge on any atom is 0.227 e. The van der Waals surface area contributed by atoms with Crippen LogP contribution >= 0.6 is 0 Å². The summed E-state index contributed by atoms with van der Waals surface area (Å²) in [7, 11) is 0. The van der Waals surface area contributed by atoms with Gasteiger partial charge in [0.2, 0.25) is 17.6 Å². The molecule has 2 aliphatic rings. The van der Waals surface area contributed by atoms with Gasteiger partial charge in [-0.2, -0.15) is 4.98 Å². The second-order valence-corrected chi connectivity index (χ2v) is 7.67. The molecule has 2 fully saturated rings. The van der Waals surface area contributed by atoms with Crippen LogP contribution in [0.3, 0.4) is 0 Å². The first-order valence-corrected chi connectivity index (χ1v) is 9.52. The molecule has 26 heavy (non-hydrogen) atoms. The van der Waals surface area contributed by atoms with E-state index in [0.29, 0.717) is 30.0 Å². The summed E-state index contributed by atoms with van der Waals surface area (Å²) in [4.78, 5) is 19.1. The first kappa shape index (κ1) is 17.2. The number of hydrogen-bond acceptors (Lipinski definition) is 5. The first-order valence-electron chi connectivity index (χ1n) is 9.52. The van der Waals surface area contributed by atoms with Crippen LogP contribution in [-0.4, -0.2) is 47.1 Å². The van der Waals surface area contributed by atoms with Crippen molar-refractivity contribution in [3.63, 3.8) is 0 Å². The fourth-order valence-electron chi connectivity index (χ4n) is 4.19. The molecule has 1 amide bonds. The monoisotopic (exact) mass is 354 g/mol. The van der Waals surface area contributed by atoms with Gasteiger partial charge in [-0.15, -0.1) is 0 Å². The lowest BCUT2D eigenvalue weighted by atomic mass is 9.80. The Balaban J connectivity index is 1.33. The highest BCUT2D eigenvalue weighted by Gasteiger charge is 2.40. The van der Waals surface area contributed by atoms with Crippen molar-refractivity contribution in [2.45, 2.75) is 39.0 Å². The average Bonchev–Trinajstić information content (AvgIpc) is 3.29. The summed E-state index contributed by atoms with van der Waals surface area (Å²) < 4.78 is 5.36. The SMILES string of the molecule is Cc1ccccc1-c1noc(CCC(=O)N2CC[C@]3(CCCNC3)C2)n1. The highest BCUT2D eigenvalue weighted by atomic mass is 16.5. The Kier molecular flexibility index (Phi) is 4.76. The molecule has 2 aliphatic heterocycles. The smallest absolute Gasteiger partial charge is 0.227 e. The van der Waals surface area contributed by atoms with E-state index in [1.807, 2.05) is 36.1 Å². The van der Waals surface area contributed by atoms with Gasteiger partial charge in [-0.25, -0.2) is 0 Å². The van der Waals surface area contributed by atoms with E-state index in [9.17, 15) is 4.79 Å². The lowest BCUT2D eigenvalue weighted by Gasteiger charge is -2.33. The molecule has 0 unspecified atom stereocenters.